The minimum Gasteiger partial charge on any atom is -0.316 e. The average Bonchev–Trinajstić information content (AvgIpc) is 3.39. The molecule has 3 aliphatic heterocycles. The predicted molar refractivity (Wildman–Crippen MR) is 107 cm³/mol. The third kappa shape index (κ3) is 3.24. The van der Waals surface area contributed by atoms with Crippen LogP contribution in [-0.4, -0.2) is 54.2 Å². The molecule has 3 heterocycles. The molecule has 5 rings (SSSR count). The van der Waals surface area contributed by atoms with Crippen LogP contribution in [0.15, 0.2) is 18.2 Å². The van der Waals surface area contributed by atoms with Crippen molar-refractivity contribution in [2.75, 3.05) is 19.6 Å². The Hall–Kier alpha value is -2.58. The zero-order chi connectivity index (χ0) is 20.8. The molecule has 0 radical (unpaired) electrons. The van der Waals surface area contributed by atoms with Gasteiger partial charge in [-0.05, 0) is 74.3 Å². The molecule has 8 nitrogen and oxygen atoms in total. The van der Waals surface area contributed by atoms with Crippen molar-refractivity contribution >= 4 is 23.6 Å². The third-order valence-corrected chi connectivity index (χ3v) is 7.15. The zero-order valence-corrected chi connectivity index (χ0v) is 16.8. The van der Waals surface area contributed by atoms with Crippen LogP contribution in [0.3, 0.4) is 0 Å². The molecule has 4 amide bonds. The van der Waals surface area contributed by atoms with E-state index in [1.54, 1.807) is 12.1 Å². The molecule has 158 valence electrons. The summed E-state index contributed by atoms with van der Waals surface area (Å²) in [5.74, 6) is 0.391. The number of nitrogens with zero attached hydrogens (tertiary/aromatic N) is 1. The van der Waals surface area contributed by atoms with Gasteiger partial charge in [0.1, 0.15) is 6.04 Å². The summed E-state index contributed by atoms with van der Waals surface area (Å²) in [6.07, 6.45) is 2.86. The molecule has 3 N–H and O–H groups in total. The Kier molecular flexibility index (Phi) is 4.91. The van der Waals surface area contributed by atoms with Gasteiger partial charge in [-0.15, -0.1) is 0 Å². The topological polar surface area (TPSA) is 108 Å². The largest absolute Gasteiger partial charge is 0.316 e. The van der Waals surface area contributed by atoms with E-state index in [0.717, 1.165) is 41.9 Å². The van der Waals surface area contributed by atoms with Crippen LogP contribution in [0, 0.1) is 17.8 Å². The summed E-state index contributed by atoms with van der Waals surface area (Å²) in [4.78, 5) is 50.2. The van der Waals surface area contributed by atoms with Crippen LogP contribution in [0.5, 0.6) is 0 Å². The number of rotatable bonds is 5. The lowest BCUT2D eigenvalue weighted by Gasteiger charge is -2.27. The molecule has 1 aromatic carbocycles. The van der Waals surface area contributed by atoms with Crippen molar-refractivity contribution in [3.8, 4) is 0 Å². The zero-order valence-electron chi connectivity index (χ0n) is 16.8. The minimum absolute atomic E-state index is 0.123. The van der Waals surface area contributed by atoms with Crippen LogP contribution in [0.25, 0.3) is 0 Å². The highest BCUT2D eigenvalue weighted by atomic mass is 16.2. The Bertz CT molecular complexity index is 930. The molecule has 0 spiro atoms. The lowest BCUT2D eigenvalue weighted by Crippen LogP contribution is -2.54. The molecule has 4 unspecified atom stereocenters. The number of nitrogens with one attached hydrogen (secondary N) is 3. The van der Waals surface area contributed by atoms with Crippen molar-refractivity contribution in [3.63, 3.8) is 0 Å². The van der Waals surface area contributed by atoms with Gasteiger partial charge in [-0.1, -0.05) is 6.07 Å². The molecule has 4 aliphatic rings. The second kappa shape index (κ2) is 7.59. The van der Waals surface area contributed by atoms with Crippen molar-refractivity contribution in [2.45, 2.75) is 38.3 Å². The van der Waals surface area contributed by atoms with Gasteiger partial charge in [0.05, 0.1) is 11.1 Å². The maximum atomic E-state index is 12.9. The van der Waals surface area contributed by atoms with Gasteiger partial charge in [0.15, 0.2) is 0 Å². The van der Waals surface area contributed by atoms with Crippen LogP contribution in [-0.2, 0) is 16.1 Å². The normalized spacial score (nSPS) is 30.6. The molecule has 2 saturated heterocycles. The van der Waals surface area contributed by atoms with Gasteiger partial charge in [0, 0.05) is 13.0 Å². The fourth-order valence-electron chi connectivity index (χ4n) is 5.55. The second-order valence-electron chi connectivity index (χ2n) is 8.88. The van der Waals surface area contributed by atoms with Gasteiger partial charge >= 0.3 is 0 Å². The lowest BCUT2D eigenvalue weighted by molar-refractivity contribution is -0.136. The second-order valence-corrected chi connectivity index (χ2v) is 8.88. The van der Waals surface area contributed by atoms with E-state index in [9.17, 15) is 19.2 Å². The Morgan fingerprint density at radius 1 is 1.00 bits per heavy atom. The van der Waals surface area contributed by atoms with Gasteiger partial charge in [-0.3, -0.25) is 29.4 Å². The fourth-order valence-corrected chi connectivity index (χ4v) is 5.55. The van der Waals surface area contributed by atoms with Gasteiger partial charge in [0.25, 0.3) is 11.8 Å². The number of carbonyl (C=O) groups is 4. The molecule has 1 aliphatic carbocycles. The summed E-state index contributed by atoms with van der Waals surface area (Å²) in [6.45, 7) is 3.85. The fraction of sp³-hybridized carbons (Fsp3) is 0.545. The number of benzene rings is 1. The smallest absolute Gasteiger partial charge is 0.262 e. The number of carbonyl (C=O) groups excluding carboxylic acids is 4. The Balaban J connectivity index is 1.24. The maximum Gasteiger partial charge on any atom is 0.262 e. The molecule has 1 saturated carbocycles. The van der Waals surface area contributed by atoms with Gasteiger partial charge < -0.3 is 10.6 Å². The van der Waals surface area contributed by atoms with Crippen molar-refractivity contribution < 1.29 is 19.2 Å². The van der Waals surface area contributed by atoms with Crippen molar-refractivity contribution in [1.29, 1.82) is 0 Å². The van der Waals surface area contributed by atoms with E-state index in [2.05, 4.69) is 16.0 Å². The number of piperidine rings is 1. The summed E-state index contributed by atoms with van der Waals surface area (Å²) < 4.78 is 0. The van der Waals surface area contributed by atoms with E-state index in [1.807, 2.05) is 6.07 Å². The molecule has 0 bridgehead atoms. The Morgan fingerprint density at radius 3 is 2.67 bits per heavy atom. The van der Waals surface area contributed by atoms with Crippen molar-refractivity contribution in [1.82, 2.24) is 20.9 Å². The highest BCUT2D eigenvalue weighted by molar-refractivity contribution is 6.23. The SMILES string of the molecule is O=C1CCC(N2C(=O)c3ccc(CNCC4CCC5CNCC45)cc3C2=O)C(=O)N1. The van der Waals surface area contributed by atoms with Crippen LogP contribution in [0.2, 0.25) is 0 Å². The van der Waals surface area contributed by atoms with Crippen LogP contribution in [0.4, 0.5) is 0 Å². The summed E-state index contributed by atoms with van der Waals surface area (Å²) in [6, 6.07) is 4.36. The van der Waals surface area contributed by atoms with Crippen LogP contribution >= 0.6 is 0 Å². The van der Waals surface area contributed by atoms with E-state index < -0.39 is 23.8 Å². The van der Waals surface area contributed by atoms with Crippen molar-refractivity contribution in [2.24, 2.45) is 17.8 Å². The molecule has 4 atom stereocenters. The van der Waals surface area contributed by atoms with E-state index >= 15 is 0 Å². The standard InChI is InChI=1S/C22H26N4O4/c27-19-6-5-18(20(28)25-19)26-21(29)15-4-1-12(7-16(15)22(26)30)8-23-9-13-2-3-14-10-24-11-17(13)14/h1,4,7,13-14,17-18,23-24H,2-3,5-6,8-11H2,(H,25,27,28). The molecular weight excluding hydrogens is 384 g/mol. The average molecular weight is 410 g/mol. The Labute approximate surface area is 174 Å². The molecule has 0 aromatic heterocycles. The third-order valence-electron chi connectivity index (χ3n) is 7.15. The van der Waals surface area contributed by atoms with Crippen molar-refractivity contribution in [3.05, 3.63) is 34.9 Å². The summed E-state index contributed by atoms with van der Waals surface area (Å²) in [7, 11) is 0. The quantitative estimate of drug-likeness (QED) is 0.608. The highest BCUT2D eigenvalue weighted by Crippen LogP contribution is 2.38. The molecular formula is C22H26N4O4. The molecule has 30 heavy (non-hydrogen) atoms. The monoisotopic (exact) mass is 410 g/mol. The summed E-state index contributed by atoms with van der Waals surface area (Å²) in [5, 5.41) is 9.23. The summed E-state index contributed by atoms with van der Waals surface area (Å²) >= 11 is 0. The highest BCUT2D eigenvalue weighted by Gasteiger charge is 2.44. The minimum atomic E-state index is -0.924. The molecule has 8 heteroatoms. The Morgan fingerprint density at radius 2 is 1.83 bits per heavy atom. The first-order chi connectivity index (χ1) is 14.5. The van der Waals surface area contributed by atoms with Gasteiger partial charge in [-0.2, -0.15) is 0 Å². The first kappa shape index (κ1) is 19.4. The number of imide groups is 2. The first-order valence-electron chi connectivity index (χ1n) is 10.8. The van der Waals surface area contributed by atoms with E-state index in [-0.39, 0.29) is 18.7 Å². The molecule has 1 aromatic rings. The van der Waals surface area contributed by atoms with Crippen LogP contribution in [0.1, 0.15) is 52.0 Å². The molecule has 3 fully saturated rings. The van der Waals surface area contributed by atoms with Gasteiger partial charge in [-0.25, -0.2) is 0 Å². The predicted octanol–water partition coefficient (Wildman–Crippen LogP) is 0.423. The first-order valence-corrected chi connectivity index (χ1v) is 10.8. The lowest BCUT2D eigenvalue weighted by atomic mass is 9.92. The maximum absolute atomic E-state index is 12.9. The number of amides is 4. The number of hydrogen-bond donors (Lipinski definition) is 3. The van der Waals surface area contributed by atoms with E-state index in [0.29, 0.717) is 23.6 Å². The summed E-state index contributed by atoms with van der Waals surface area (Å²) in [5.41, 5.74) is 1.60. The van der Waals surface area contributed by atoms with E-state index in [4.69, 9.17) is 0 Å². The van der Waals surface area contributed by atoms with E-state index in [1.165, 1.54) is 12.8 Å². The number of hydrogen-bond acceptors (Lipinski definition) is 6. The van der Waals surface area contributed by atoms with Crippen LogP contribution < -0.4 is 16.0 Å². The number of fused-ring (bicyclic) bond motifs is 2. The van der Waals surface area contributed by atoms with Gasteiger partial charge in [0.2, 0.25) is 11.8 Å².